The van der Waals surface area contributed by atoms with E-state index < -0.39 is 0 Å². The summed E-state index contributed by atoms with van der Waals surface area (Å²) >= 11 is 1.73. The summed E-state index contributed by atoms with van der Waals surface area (Å²) in [6.45, 7) is 5.69. The molecule has 0 unspecified atom stereocenters. The van der Waals surface area contributed by atoms with E-state index in [2.05, 4.69) is 16.4 Å². The summed E-state index contributed by atoms with van der Waals surface area (Å²) in [5, 5.41) is 14.9. The Morgan fingerprint density at radius 3 is 2.81 bits per heavy atom. The largest absolute Gasteiger partial charge is 0.409 e. The molecule has 0 aromatic heterocycles. The quantitative estimate of drug-likeness (QED) is 0.149. The fraction of sp³-hybridized carbons (Fsp3) is 0.727. The normalized spacial score (nSPS) is 12.4. The molecule has 16 heavy (non-hydrogen) atoms. The molecule has 0 radical (unpaired) electrons. The molecular weight excluding hydrogens is 222 g/mol. The van der Waals surface area contributed by atoms with E-state index in [-0.39, 0.29) is 11.3 Å². The van der Waals surface area contributed by atoms with Gasteiger partial charge in [0.1, 0.15) is 5.84 Å². The highest BCUT2D eigenvalue weighted by Gasteiger charge is 2.22. The van der Waals surface area contributed by atoms with Gasteiger partial charge in [0.15, 0.2) is 0 Å². The molecule has 0 saturated heterocycles. The van der Waals surface area contributed by atoms with Crippen LogP contribution in [0.2, 0.25) is 0 Å². The molecule has 0 bridgehead atoms. The maximum Gasteiger partial charge on any atom is 0.144 e. The number of amidine groups is 1. The van der Waals surface area contributed by atoms with E-state index >= 15 is 0 Å². The fourth-order valence-electron chi connectivity index (χ4n) is 1.06. The molecular formula is C11H21N3OS. The lowest BCUT2D eigenvalue weighted by Gasteiger charge is -2.22. The molecule has 0 aliphatic carbocycles. The maximum absolute atomic E-state index is 8.59. The topological polar surface area (TPSA) is 70.6 Å². The first kappa shape index (κ1) is 15.1. The van der Waals surface area contributed by atoms with Crippen LogP contribution in [0.4, 0.5) is 0 Å². The first-order valence-electron chi connectivity index (χ1n) is 5.24. The van der Waals surface area contributed by atoms with Gasteiger partial charge >= 0.3 is 0 Å². The Bertz CT molecular complexity index is 258. The van der Waals surface area contributed by atoms with Crippen LogP contribution in [0.15, 0.2) is 5.16 Å². The maximum atomic E-state index is 8.59. The third kappa shape index (κ3) is 6.59. The van der Waals surface area contributed by atoms with Gasteiger partial charge in [-0.3, -0.25) is 0 Å². The van der Waals surface area contributed by atoms with Crippen molar-refractivity contribution in [1.82, 2.24) is 5.32 Å². The van der Waals surface area contributed by atoms with Gasteiger partial charge in [-0.05, 0) is 13.0 Å². The van der Waals surface area contributed by atoms with Crippen molar-refractivity contribution in [3.8, 4) is 12.3 Å². The van der Waals surface area contributed by atoms with Crippen LogP contribution >= 0.6 is 11.8 Å². The summed E-state index contributed by atoms with van der Waals surface area (Å²) < 4.78 is 0. The van der Waals surface area contributed by atoms with Gasteiger partial charge in [0.05, 0.1) is 5.75 Å². The number of hydrogen-bond acceptors (Lipinski definition) is 4. The van der Waals surface area contributed by atoms with Crippen LogP contribution in [-0.4, -0.2) is 35.6 Å². The lowest BCUT2D eigenvalue weighted by atomic mass is 9.88. The third-order valence-corrected chi connectivity index (χ3v) is 3.20. The number of nitrogens with zero attached hydrogens (tertiary/aromatic N) is 1. The van der Waals surface area contributed by atoms with E-state index in [9.17, 15) is 0 Å². The minimum Gasteiger partial charge on any atom is -0.409 e. The monoisotopic (exact) mass is 243 g/mol. The minimum absolute atomic E-state index is 0.270. The van der Waals surface area contributed by atoms with Crippen LogP contribution in [0.5, 0.6) is 0 Å². The number of terminal acetylenes is 1. The molecule has 0 aromatic carbocycles. The van der Waals surface area contributed by atoms with Crippen LogP contribution in [0.25, 0.3) is 0 Å². The van der Waals surface area contributed by atoms with Gasteiger partial charge in [-0.25, -0.2) is 0 Å². The van der Waals surface area contributed by atoms with E-state index in [4.69, 9.17) is 17.4 Å². The van der Waals surface area contributed by atoms with Crippen molar-refractivity contribution in [3.05, 3.63) is 0 Å². The van der Waals surface area contributed by atoms with Crippen molar-refractivity contribution >= 4 is 17.6 Å². The zero-order valence-electron chi connectivity index (χ0n) is 9.99. The molecule has 4 nitrogen and oxygen atoms in total. The first-order chi connectivity index (χ1) is 7.54. The Balaban J connectivity index is 3.55. The van der Waals surface area contributed by atoms with Gasteiger partial charge in [-0.1, -0.05) is 24.9 Å². The van der Waals surface area contributed by atoms with E-state index in [0.29, 0.717) is 0 Å². The molecule has 0 aromatic rings. The van der Waals surface area contributed by atoms with Crippen molar-refractivity contribution in [2.75, 3.05) is 24.6 Å². The van der Waals surface area contributed by atoms with Gasteiger partial charge in [0.2, 0.25) is 0 Å². The Hall–Kier alpha value is -0.860. The average molecular weight is 243 g/mol. The van der Waals surface area contributed by atoms with Crippen LogP contribution in [0.3, 0.4) is 0 Å². The van der Waals surface area contributed by atoms with Crippen LogP contribution in [0, 0.1) is 17.8 Å². The predicted octanol–water partition coefficient (Wildman–Crippen LogP) is 1.11. The standard InChI is InChI=1S/C11H21N3OS/c1-4-8-16-9-7-13-6-5-11(2,3)10(12)14-15/h1,13,15H,5-9H2,2-3H3,(H2,12,14). The molecule has 0 amide bonds. The highest BCUT2D eigenvalue weighted by molar-refractivity contribution is 7.99. The summed E-state index contributed by atoms with van der Waals surface area (Å²) in [5.41, 5.74) is 5.31. The van der Waals surface area contributed by atoms with E-state index in [1.54, 1.807) is 11.8 Å². The number of oxime groups is 1. The second-order valence-corrected chi connectivity index (χ2v) is 5.23. The van der Waals surface area contributed by atoms with Crippen molar-refractivity contribution < 1.29 is 5.21 Å². The zero-order valence-corrected chi connectivity index (χ0v) is 10.8. The van der Waals surface area contributed by atoms with Gasteiger partial charge in [0, 0.05) is 17.7 Å². The number of rotatable bonds is 8. The Morgan fingerprint density at radius 2 is 2.25 bits per heavy atom. The molecule has 5 heteroatoms. The van der Waals surface area contributed by atoms with E-state index in [0.717, 1.165) is 31.0 Å². The molecule has 0 fully saturated rings. The van der Waals surface area contributed by atoms with Crippen LogP contribution in [0.1, 0.15) is 20.3 Å². The number of nitrogens with one attached hydrogen (secondary N) is 1. The van der Waals surface area contributed by atoms with Crippen molar-refractivity contribution in [1.29, 1.82) is 0 Å². The molecule has 0 saturated carbocycles. The van der Waals surface area contributed by atoms with Crippen LogP contribution < -0.4 is 11.1 Å². The van der Waals surface area contributed by atoms with Crippen molar-refractivity contribution in [2.45, 2.75) is 20.3 Å². The van der Waals surface area contributed by atoms with Crippen molar-refractivity contribution in [2.24, 2.45) is 16.3 Å². The summed E-state index contributed by atoms with van der Waals surface area (Å²) in [4.78, 5) is 0. The number of hydrogen-bond donors (Lipinski definition) is 3. The molecule has 0 aliphatic rings. The predicted molar refractivity (Wildman–Crippen MR) is 70.8 cm³/mol. The second-order valence-electron chi connectivity index (χ2n) is 4.13. The zero-order chi connectivity index (χ0) is 12.4. The van der Waals surface area contributed by atoms with Gasteiger partial charge in [0.25, 0.3) is 0 Å². The summed E-state index contributed by atoms with van der Waals surface area (Å²) in [7, 11) is 0. The van der Waals surface area contributed by atoms with Gasteiger partial charge in [-0.2, -0.15) is 0 Å². The first-order valence-corrected chi connectivity index (χ1v) is 6.40. The molecule has 92 valence electrons. The SMILES string of the molecule is C#CCSCCNCCC(C)(C)C(N)=NO. The third-order valence-electron chi connectivity index (χ3n) is 2.34. The highest BCUT2D eigenvalue weighted by atomic mass is 32.2. The fourth-order valence-corrected chi connectivity index (χ4v) is 1.62. The molecule has 0 atom stereocenters. The van der Waals surface area contributed by atoms with Crippen molar-refractivity contribution in [3.63, 3.8) is 0 Å². The molecule has 0 rings (SSSR count). The molecule has 4 N–H and O–H groups in total. The lowest BCUT2D eigenvalue weighted by Crippen LogP contribution is -2.35. The summed E-state index contributed by atoms with van der Waals surface area (Å²) in [6, 6.07) is 0. The van der Waals surface area contributed by atoms with E-state index in [1.165, 1.54) is 0 Å². The lowest BCUT2D eigenvalue weighted by molar-refractivity contribution is 0.305. The minimum atomic E-state index is -0.270. The Kier molecular flexibility index (Phi) is 7.86. The summed E-state index contributed by atoms with van der Waals surface area (Å²) in [5.74, 6) is 4.62. The Labute approximate surface area is 102 Å². The molecule has 0 spiro atoms. The highest BCUT2D eigenvalue weighted by Crippen LogP contribution is 2.19. The summed E-state index contributed by atoms with van der Waals surface area (Å²) in [6.07, 6.45) is 5.97. The number of nitrogens with two attached hydrogens (primary N) is 1. The second kappa shape index (κ2) is 8.31. The molecule has 0 aliphatic heterocycles. The van der Waals surface area contributed by atoms with Gasteiger partial charge < -0.3 is 16.3 Å². The van der Waals surface area contributed by atoms with Gasteiger partial charge in [-0.15, -0.1) is 18.2 Å². The smallest absolute Gasteiger partial charge is 0.144 e. The van der Waals surface area contributed by atoms with E-state index in [1.807, 2.05) is 13.8 Å². The number of thioether (sulfide) groups is 1. The Morgan fingerprint density at radius 1 is 1.56 bits per heavy atom. The van der Waals surface area contributed by atoms with Crippen LogP contribution in [-0.2, 0) is 0 Å². The molecule has 0 heterocycles. The average Bonchev–Trinajstić information content (AvgIpc) is 2.26.